The molecule has 3 heteroatoms. The topological polar surface area (TPSA) is 21.3 Å². The molecule has 0 fully saturated rings. The maximum atomic E-state index is 6.08. The number of nitrogens with one attached hydrogen (secondary N) is 1. The molecule has 1 N–H and O–H groups in total. The van der Waals surface area contributed by atoms with Gasteiger partial charge in [0.25, 0.3) is 0 Å². The van der Waals surface area contributed by atoms with Crippen LogP contribution in [0.2, 0.25) is 5.02 Å². The fourth-order valence-corrected chi connectivity index (χ4v) is 1.82. The Morgan fingerprint density at radius 1 is 1.38 bits per heavy atom. The Balaban J connectivity index is 3.16. The van der Waals surface area contributed by atoms with Crippen LogP contribution in [-0.4, -0.2) is 13.7 Å². The summed E-state index contributed by atoms with van der Waals surface area (Å²) < 4.78 is 5.80. The number of benzene rings is 1. The van der Waals surface area contributed by atoms with E-state index in [-0.39, 0.29) is 0 Å². The van der Waals surface area contributed by atoms with Gasteiger partial charge >= 0.3 is 0 Å². The fraction of sp³-hybridized carbons (Fsp3) is 0.538. The lowest BCUT2D eigenvalue weighted by Gasteiger charge is -2.18. The van der Waals surface area contributed by atoms with Crippen molar-refractivity contribution in [3.05, 3.63) is 22.7 Å². The van der Waals surface area contributed by atoms with Gasteiger partial charge in [0.15, 0.2) is 0 Å². The monoisotopic (exact) mass is 241 g/mol. The van der Waals surface area contributed by atoms with Gasteiger partial charge in [0.05, 0.1) is 12.3 Å². The van der Waals surface area contributed by atoms with E-state index >= 15 is 0 Å². The first-order valence-electron chi connectivity index (χ1n) is 5.74. The van der Waals surface area contributed by atoms with Gasteiger partial charge < -0.3 is 10.1 Å². The van der Waals surface area contributed by atoms with Gasteiger partial charge in [0, 0.05) is 17.6 Å². The largest absolute Gasteiger partial charge is 0.491 e. The van der Waals surface area contributed by atoms with Crippen molar-refractivity contribution in [2.24, 2.45) is 0 Å². The van der Waals surface area contributed by atoms with Crippen molar-refractivity contribution in [2.45, 2.75) is 33.1 Å². The molecular formula is C13H20ClNO. The van der Waals surface area contributed by atoms with E-state index in [1.807, 2.05) is 19.2 Å². The van der Waals surface area contributed by atoms with Gasteiger partial charge in [-0.05, 0) is 24.5 Å². The lowest BCUT2D eigenvalue weighted by Crippen LogP contribution is -2.04. The molecule has 16 heavy (non-hydrogen) atoms. The highest BCUT2D eigenvalue weighted by molar-refractivity contribution is 6.31. The highest BCUT2D eigenvalue weighted by Gasteiger charge is 2.13. The van der Waals surface area contributed by atoms with Crippen LogP contribution in [-0.2, 0) is 0 Å². The van der Waals surface area contributed by atoms with Crippen LogP contribution in [0.5, 0.6) is 5.75 Å². The molecule has 1 aromatic rings. The summed E-state index contributed by atoms with van der Waals surface area (Å²) in [7, 11) is 1.88. The van der Waals surface area contributed by atoms with Crippen LogP contribution < -0.4 is 10.1 Å². The Labute approximate surface area is 103 Å². The van der Waals surface area contributed by atoms with Crippen molar-refractivity contribution in [2.75, 3.05) is 19.0 Å². The van der Waals surface area contributed by atoms with Gasteiger partial charge in [-0.3, -0.25) is 0 Å². The number of hydrogen-bond acceptors (Lipinski definition) is 2. The number of ether oxygens (including phenoxy) is 1. The van der Waals surface area contributed by atoms with Gasteiger partial charge in [-0.25, -0.2) is 0 Å². The maximum absolute atomic E-state index is 6.08. The molecule has 0 radical (unpaired) electrons. The molecule has 0 aromatic heterocycles. The number of hydrogen-bond donors (Lipinski definition) is 1. The first-order valence-corrected chi connectivity index (χ1v) is 6.11. The third-order valence-corrected chi connectivity index (χ3v) is 2.64. The second kappa shape index (κ2) is 6.00. The SMILES string of the molecule is CCCOc1c(NC)cc(Cl)cc1C(C)C. The third kappa shape index (κ3) is 3.05. The van der Waals surface area contributed by atoms with E-state index in [1.54, 1.807) is 0 Å². The zero-order valence-electron chi connectivity index (χ0n) is 10.4. The highest BCUT2D eigenvalue weighted by Crippen LogP contribution is 2.36. The first kappa shape index (κ1) is 13.2. The minimum absolute atomic E-state index is 0.401. The number of anilines is 1. The van der Waals surface area contributed by atoms with Crippen molar-refractivity contribution in [3.8, 4) is 5.75 Å². The quantitative estimate of drug-likeness (QED) is 0.830. The van der Waals surface area contributed by atoms with Gasteiger partial charge in [-0.15, -0.1) is 0 Å². The van der Waals surface area contributed by atoms with E-state index in [0.717, 1.165) is 35.1 Å². The molecule has 0 spiro atoms. The van der Waals surface area contributed by atoms with E-state index in [9.17, 15) is 0 Å². The standard InChI is InChI=1S/C13H20ClNO/c1-5-6-16-13-11(9(2)3)7-10(14)8-12(13)15-4/h7-9,15H,5-6H2,1-4H3. The Morgan fingerprint density at radius 3 is 2.56 bits per heavy atom. The summed E-state index contributed by atoms with van der Waals surface area (Å²) >= 11 is 6.08. The lowest BCUT2D eigenvalue weighted by atomic mass is 10.0. The molecule has 0 aliphatic carbocycles. The van der Waals surface area contributed by atoms with Gasteiger partial charge in [0.2, 0.25) is 0 Å². The molecule has 1 rings (SSSR count). The molecule has 0 heterocycles. The minimum Gasteiger partial charge on any atom is -0.491 e. The van der Waals surface area contributed by atoms with Crippen molar-refractivity contribution >= 4 is 17.3 Å². The van der Waals surface area contributed by atoms with Crippen LogP contribution in [0.25, 0.3) is 0 Å². The average Bonchev–Trinajstić information content (AvgIpc) is 2.26. The van der Waals surface area contributed by atoms with Crippen molar-refractivity contribution < 1.29 is 4.74 Å². The van der Waals surface area contributed by atoms with Crippen molar-refractivity contribution in [1.82, 2.24) is 0 Å². The Hall–Kier alpha value is -0.890. The zero-order chi connectivity index (χ0) is 12.1. The highest BCUT2D eigenvalue weighted by atomic mass is 35.5. The summed E-state index contributed by atoms with van der Waals surface area (Å²) in [5.41, 5.74) is 2.12. The third-order valence-electron chi connectivity index (χ3n) is 2.42. The molecule has 0 saturated heterocycles. The molecule has 0 aliphatic rings. The van der Waals surface area contributed by atoms with Crippen molar-refractivity contribution in [3.63, 3.8) is 0 Å². The molecular weight excluding hydrogens is 222 g/mol. The minimum atomic E-state index is 0.401. The van der Waals surface area contributed by atoms with Crippen molar-refractivity contribution in [1.29, 1.82) is 0 Å². The molecule has 0 bridgehead atoms. The molecule has 0 aliphatic heterocycles. The second-order valence-electron chi connectivity index (χ2n) is 4.12. The molecule has 0 amide bonds. The smallest absolute Gasteiger partial charge is 0.145 e. The van der Waals surface area contributed by atoms with Crippen LogP contribution in [0, 0.1) is 0 Å². The van der Waals surface area contributed by atoms with Gasteiger partial charge in [-0.1, -0.05) is 32.4 Å². The normalized spacial score (nSPS) is 10.6. The van der Waals surface area contributed by atoms with E-state index in [0.29, 0.717) is 5.92 Å². The summed E-state index contributed by atoms with van der Waals surface area (Å²) in [4.78, 5) is 0. The van der Waals surface area contributed by atoms with Gasteiger partial charge in [0.1, 0.15) is 5.75 Å². The summed E-state index contributed by atoms with van der Waals surface area (Å²) in [6.45, 7) is 7.12. The molecule has 0 saturated carbocycles. The first-order chi connectivity index (χ1) is 7.60. The fourth-order valence-electron chi connectivity index (χ4n) is 1.59. The Kier molecular flexibility index (Phi) is 4.94. The molecule has 1 aromatic carbocycles. The zero-order valence-corrected chi connectivity index (χ0v) is 11.2. The predicted octanol–water partition coefficient (Wildman–Crippen LogP) is 4.29. The van der Waals surface area contributed by atoms with Crippen LogP contribution in [0.15, 0.2) is 12.1 Å². The van der Waals surface area contributed by atoms with E-state index < -0.39 is 0 Å². The molecule has 90 valence electrons. The summed E-state index contributed by atoms with van der Waals surface area (Å²) in [5.74, 6) is 1.33. The summed E-state index contributed by atoms with van der Waals surface area (Å²) in [6, 6.07) is 3.89. The number of halogens is 1. The van der Waals surface area contributed by atoms with E-state index in [1.165, 1.54) is 0 Å². The predicted molar refractivity (Wildman–Crippen MR) is 70.9 cm³/mol. The maximum Gasteiger partial charge on any atom is 0.145 e. The summed E-state index contributed by atoms with van der Waals surface area (Å²) in [5, 5.41) is 3.88. The van der Waals surface area contributed by atoms with Crippen LogP contribution >= 0.6 is 11.6 Å². The molecule has 2 nitrogen and oxygen atoms in total. The van der Waals surface area contributed by atoms with Gasteiger partial charge in [-0.2, -0.15) is 0 Å². The Morgan fingerprint density at radius 2 is 2.06 bits per heavy atom. The molecule has 0 unspecified atom stereocenters. The summed E-state index contributed by atoms with van der Waals surface area (Å²) in [6.07, 6.45) is 1.00. The van der Waals surface area contributed by atoms with E-state index in [4.69, 9.17) is 16.3 Å². The van der Waals surface area contributed by atoms with Crippen LogP contribution in [0.4, 0.5) is 5.69 Å². The Bertz CT molecular complexity index is 350. The van der Waals surface area contributed by atoms with Crippen LogP contribution in [0.1, 0.15) is 38.7 Å². The average molecular weight is 242 g/mol. The lowest BCUT2D eigenvalue weighted by molar-refractivity contribution is 0.314. The number of rotatable bonds is 5. The second-order valence-corrected chi connectivity index (χ2v) is 4.56. The van der Waals surface area contributed by atoms with Crippen LogP contribution in [0.3, 0.4) is 0 Å². The van der Waals surface area contributed by atoms with E-state index in [2.05, 4.69) is 26.1 Å². The molecule has 0 atom stereocenters.